The van der Waals surface area contributed by atoms with E-state index in [9.17, 15) is 9.59 Å². The lowest BCUT2D eigenvalue weighted by molar-refractivity contribution is -0.127. The van der Waals surface area contributed by atoms with Gasteiger partial charge in [-0.15, -0.1) is 0 Å². The number of benzene rings is 2. The molecule has 1 aliphatic heterocycles. The van der Waals surface area contributed by atoms with Crippen molar-refractivity contribution in [3.05, 3.63) is 59.2 Å². The molecule has 5 rings (SSSR count). The van der Waals surface area contributed by atoms with E-state index in [1.807, 2.05) is 41.8 Å². The normalized spacial score (nSPS) is 21.2. The molecule has 2 aliphatic rings. The number of amides is 2. The summed E-state index contributed by atoms with van der Waals surface area (Å²) in [6.07, 6.45) is 5.35. The Labute approximate surface area is 198 Å². The third kappa shape index (κ3) is 3.66. The molecule has 0 bridgehead atoms. The van der Waals surface area contributed by atoms with Crippen LogP contribution in [0.25, 0.3) is 10.9 Å². The van der Waals surface area contributed by atoms with Crippen molar-refractivity contribution in [1.82, 2.24) is 9.88 Å². The van der Waals surface area contributed by atoms with Crippen LogP contribution in [0.15, 0.2) is 48.5 Å². The van der Waals surface area contributed by atoms with Crippen LogP contribution in [0.5, 0.6) is 5.75 Å². The van der Waals surface area contributed by atoms with Crippen molar-refractivity contribution in [3.8, 4) is 5.75 Å². The Morgan fingerprint density at radius 3 is 2.64 bits per heavy atom. The summed E-state index contributed by atoms with van der Waals surface area (Å²) in [5, 5.41) is 4.69. The molecule has 1 saturated carbocycles. The summed E-state index contributed by atoms with van der Waals surface area (Å²) in [6.45, 7) is 2.16. The van der Waals surface area contributed by atoms with E-state index in [0.29, 0.717) is 28.7 Å². The third-order valence-electron chi connectivity index (χ3n) is 7.00. The van der Waals surface area contributed by atoms with Crippen LogP contribution in [0.4, 0.5) is 5.69 Å². The molecule has 3 aromatic rings. The second-order valence-corrected chi connectivity index (χ2v) is 9.65. The molecule has 33 heavy (non-hydrogen) atoms. The number of hydrogen-bond acceptors (Lipinski definition) is 3. The summed E-state index contributed by atoms with van der Waals surface area (Å²) in [5.74, 6) is 0.0847. The van der Waals surface area contributed by atoms with Gasteiger partial charge in [0, 0.05) is 22.0 Å². The number of carbonyl (C=O) groups excluding carboxylic acids is 2. The molecule has 2 aromatic carbocycles. The average Bonchev–Trinajstić information content (AvgIpc) is 3.18. The van der Waals surface area contributed by atoms with E-state index < -0.39 is 5.54 Å². The van der Waals surface area contributed by atoms with Crippen molar-refractivity contribution in [3.63, 3.8) is 0 Å². The van der Waals surface area contributed by atoms with Crippen LogP contribution >= 0.6 is 11.6 Å². The summed E-state index contributed by atoms with van der Waals surface area (Å²) >= 11 is 6.33. The second kappa shape index (κ2) is 8.41. The Morgan fingerprint density at radius 2 is 1.88 bits per heavy atom. The highest BCUT2D eigenvalue weighted by atomic mass is 35.5. The van der Waals surface area contributed by atoms with Crippen LogP contribution in [-0.2, 0) is 11.3 Å². The maximum Gasteiger partial charge on any atom is 0.276 e. The number of fused-ring (bicyclic) bond motifs is 3. The SMILES string of the molecule is COc1ccc(Cl)cc1N1C(=O)c2cc3ccccc3n2CC1(C)C(=O)NC1CCCCC1. The number of carbonyl (C=O) groups is 2. The largest absolute Gasteiger partial charge is 0.495 e. The molecule has 1 N–H and O–H groups in total. The molecule has 2 amide bonds. The Kier molecular flexibility index (Phi) is 5.57. The van der Waals surface area contributed by atoms with Crippen LogP contribution in [0.2, 0.25) is 5.02 Å². The van der Waals surface area contributed by atoms with Gasteiger partial charge in [-0.25, -0.2) is 0 Å². The first-order valence-electron chi connectivity index (χ1n) is 11.5. The number of methoxy groups -OCH3 is 1. The molecule has 0 spiro atoms. The maximum atomic E-state index is 14.0. The van der Waals surface area contributed by atoms with Crippen LogP contribution in [0, 0.1) is 0 Å². The zero-order valence-corrected chi connectivity index (χ0v) is 19.7. The highest BCUT2D eigenvalue weighted by Crippen LogP contribution is 2.41. The number of rotatable bonds is 4. The summed E-state index contributed by atoms with van der Waals surface area (Å²) < 4.78 is 7.54. The van der Waals surface area contributed by atoms with E-state index in [1.165, 1.54) is 6.42 Å². The molecular formula is C26H28ClN3O3. The molecule has 172 valence electrons. The molecule has 1 aromatic heterocycles. The van der Waals surface area contributed by atoms with Gasteiger partial charge in [0.25, 0.3) is 5.91 Å². The van der Waals surface area contributed by atoms with E-state index in [-0.39, 0.29) is 17.9 Å². The van der Waals surface area contributed by atoms with Crippen LogP contribution in [0.1, 0.15) is 49.5 Å². The molecule has 7 heteroatoms. The summed E-state index contributed by atoms with van der Waals surface area (Å²) in [7, 11) is 1.55. The first-order chi connectivity index (χ1) is 15.9. The number of para-hydroxylation sites is 1. The van der Waals surface area contributed by atoms with Gasteiger partial charge in [-0.3, -0.25) is 14.5 Å². The van der Waals surface area contributed by atoms with E-state index in [1.54, 1.807) is 30.2 Å². The van der Waals surface area contributed by atoms with E-state index >= 15 is 0 Å². The van der Waals surface area contributed by atoms with Gasteiger partial charge in [0.05, 0.1) is 19.3 Å². The van der Waals surface area contributed by atoms with Crippen molar-refractivity contribution in [2.75, 3.05) is 12.0 Å². The molecule has 1 fully saturated rings. The minimum atomic E-state index is -1.17. The van der Waals surface area contributed by atoms with Gasteiger partial charge in [0.1, 0.15) is 17.0 Å². The van der Waals surface area contributed by atoms with Gasteiger partial charge in [-0.1, -0.05) is 49.1 Å². The summed E-state index contributed by atoms with van der Waals surface area (Å²) in [5.41, 5.74) is 0.811. The third-order valence-corrected chi connectivity index (χ3v) is 7.24. The number of hydrogen-bond donors (Lipinski definition) is 1. The number of halogens is 1. The first kappa shape index (κ1) is 21.8. The second-order valence-electron chi connectivity index (χ2n) is 9.21. The van der Waals surface area contributed by atoms with Crippen LogP contribution in [0.3, 0.4) is 0 Å². The van der Waals surface area contributed by atoms with Gasteiger partial charge < -0.3 is 14.6 Å². The number of nitrogens with zero attached hydrogens (tertiary/aromatic N) is 2. The van der Waals surface area contributed by atoms with Crippen molar-refractivity contribution in [1.29, 1.82) is 0 Å². The molecule has 1 aliphatic carbocycles. The fourth-order valence-corrected chi connectivity index (χ4v) is 5.42. The maximum absolute atomic E-state index is 14.0. The first-order valence-corrected chi connectivity index (χ1v) is 11.9. The standard InChI is InChI=1S/C26H28ClN3O3/c1-26(25(32)28-19-9-4-3-5-10-19)16-29-20-11-7-6-8-17(20)14-22(29)24(31)30(26)21-15-18(27)12-13-23(21)33-2/h6-8,11-15,19H,3-5,9-10,16H2,1-2H3,(H,28,32). The quantitative estimate of drug-likeness (QED) is 0.578. The van der Waals surface area contributed by atoms with Crippen molar-refractivity contribution < 1.29 is 14.3 Å². The minimum absolute atomic E-state index is 0.129. The predicted molar refractivity (Wildman–Crippen MR) is 130 cm³/mol. The van der Waals surface area contributed by atoms with Gasteiger partial charge in [-0.05, 0) is 50.1 Å². The molecular weight excluding hydrogens is 438 g/mol. The number of nitrogens with one attached hydrogen (secondary N) is 1. The molecule has 1 unspecified atom stereocenters. The van der Waals surface area contributed by atoms with Gasteiger partial charge in [-0.2, -0.15) is 0 Å². The summed E-state index contributed by atoms with van der Waals surface area (Å²) in [6, 6.07) is 15.0. The predicted octanol–water partition coefficient (Wildman–Crippen LogP) is 5.17. The molecule has 0 radical (unpaired) electrons. The van der Waals surface area contributed by atoms with E-state index in [4.69, 9.17) is 16.3 Å². The fourth-order valence-electron chi connectivity index (χ4n) is 5.25. The van der Waals surface area contributed by atoms with Crippen LogP contribution in [-0.4, -0.2) is 35.1 Å². The van der Waals surface area contributed by atoms with Gasteiger partial charge in [0.15, 0.2) is 0 Å². The van der Waals surface area contributed by atoms with Gasteiger partial charge in [0.2, 0.25) is 5.91 Å². The highest BCUT2D eigenvalue weighted by molar-refractivity contribution is 6.31. The molecule has 2 heterocycles. The van der Waals surface area contributed by atoms with Crippen molar-refractivity contribution >= 4 is 40.0 Å². The number of anilines is 1. The number of aromatic nitrogens is 1. The lowest BCUT2D eigenvalue weighted by atomic mass is 9.91. The topological polar surface area (TPSA) is 63.6 Å². The summed E-state index contributed by atoms with van der Waals surface area (Å²) in [4.78, 5) is 29.5. The smallest absolute Gasteiger partial charge is 0.276 e. The lowest BCUT2D eigenvalue weighted by Gasteiger charge is -2.45. The van der Waals surface area contributed by atoms with Gasteiger partial charge >= 0.3 is 0 Å². The Bertz CT molecular complexity index is 1230. The molecule has 1 atom stereocenters. The molecule has 6 nitrogen and oxygen atoms in total. The zero-order chi connectivity index (χ0) is 23.2. The average molecular weight is 466 g/mol. The Balaban J connectivity index is 1.66. The fraction of sp³-hybridized carbons (Fsp3) is 0.385. The Morgan fingerprint density at radius 1 is 1.12 bits per heavy atom. The Hall–Kier alpha value is -2.99. The van der Waals surface area contributed by atoms with E-state index in [0.717, 1.165) is 36.6 Å². The van der Waals surface area contributed by atoms with Crippen molar-refractivity contribution in [2.45, 2.75) is 57.2 Å². The highest BCUT2D eigenvalue weighted by Gasteiger charge is 2.49. The number of ether oxygens (including phenoxy) is 1. The lowest BCUT2D eigenvalue weighted by Crippen LogP contribution is -2.65. The van der Waals surface area contributed by atoms with Crippen molar-refractivity contribution in [2.24, 2.45) is 0 Å². The van der Waals surface area contributed by atoms with Crippen LogP contribution < -0.4 is 15.0 Å². The minimum Gasteiger partial charge on any atom is -0.495 e. The molecule has 0 saturated heterocycles. The van der Waals surface area contributed by atoms with E-state index in [2.05, 4.69) is 5.32 Å². The zero-order valence-electron chi connectivity index (χ0n) is 18.9. The monoisotopic (exact) mass is 465 g/mol.